The minimum absolute atomic E-state index is 0.296. The van der Waals surface area contributed by atoms with Crippen LogP contribution in [0.3, 0.4) is 0 Å². The first-order chi connectivity index (χ1) is 12.1. The van der Waals surface area contributed by atoms with Crippen molar-refractivity contribution >= 4 is 5.57 Å². The van der Waals surface area contributed by atoms with Crippen LogP contribution in [-0.2, 0) is 0 Å². The SMILES string of the molecule is C=CCCC1CC=C(c2ccc(-c3ccc(C)c(F)c3)c(F)c2)CC1. The molecule has 0 bridgehead atoms. The second kappa shape index (κ2) is 7.77. The van der Waals surface area contributed by atoms with Crippen LogP contribution in [0.5, 0.6) is 0 Å². The van der Waals surface area contributed by atoms with E-state index in [1.54, 1.807) is 31.2 Å². The molecule has 2 heteroatoms. The monoisotopic (exact) mass is 338 g/mol. The Morgan fingerprint density at radius 3 is 2.48 bits per heavy atom. The van der Waals surface area contributed by atoms with Crippen LogP contribution < -0.4 is 0 Å². The van der Waals surface area contributed by atoms with Gasteiger partial charge in [-0.05, 0) is 79.3 Å². The second-order valence-electron chi connectivity index (χ2n) is 6.89. The van der Waals surface area contributed by atoms with Crippen LogP contribution >= 0.6 is 0 Å². The molecule has 0 aliphatic heterocycles. The van der Waals surface area contributed by atoms with Crippen molar-refractivity contribution in [1.82, 2.24) is 0 Å². The minimum atomic E-state index is -0.304. The molecule has 1 atom stereocenters. The highest BCUT2D eigenvalue weighted by atomic mass is 19.1. The van der Waals surface area contributed by atoms with E-state index in [9.17, 15) is 8.78 Å². The summed E-state index contributed by atoms with van der Waals surface area (Å²) < 4.78 is 28.4. The van der Waals surface area contributed by atoms with Gasteiger partial charge >= 0.3 is 0 Å². The maximum absolute atomic E-state index is 14.6. The molecule has 130 valence electrons. The molecule has 0 radical (unpaired) electrons. The lowest BCUT2D eigenvalue weighted by Crippen LogP contribution is -2.05. The fourth-order valence-electron chi connectivity index (χ4n) is 3.48. The van der Waals surface area contributed by atoms with Gasteiger partial charge in [0.25, 0.3) is 0 Å². The van der Waals surface area contributed by atoms with Crippen molar-refractivity contribution in [3.05, 3.63) is 77.9 Å². The summed E-state index contributed by atoms with van der Waals surface area (Å²) in [6, 6.07) is 10.2. The highest BCUT2D eigenvalue weighted by molar-refractivity contribution is 5.71. The van der Waals surface area contributed by atoms with E-state index in [0.717, 1.165) is 31.2 Å². The molecular formula is C23H24F2. The molecule has 0 aromatic heterocycles. The minimum Gasteiger partial charge on any atom is -0.207 e. The summed E-state index contributed by atoms with van der Waals surface area (Å²) in [6.07, 6.45) is 9.64. The third-order valence-electron chi connectivity index (χ3n) is 5.12. The highest BCUT2D eigenvalue weighted by Crippen LogP contribution is 2.34. The number of halogens is 2. The molecule has 0 fully saturated rings. The fraction of sp³-hybridized carbons (Fsp3) is 0.304. The quantitative estimate of drug-likeness (QED) is 0.510. The predicted octanol–water partition coefficient (Wildman–Crippen LogP) is 7.09. The van der Waals surface area contributed by atoms with E-state index in [4.69, 9.17) is 0 Å². The Morgan fingerprint density at radius 1 is 1.08 bits per heavy atom. The number of hydrogen-bond acceptors (Lipinski definition) is 0. The first kappa shape index (κ1) is 17.6. The Balaban J connectivity index is 1.79. The van der Waals surface area contributed by atoms with Gasteiger partial charge in [0, 0.05) is 5.56 Å². The lowest BCUT2D eigenvalue weighted by molar-refractivity contribution is 0.454. The van der Waals surface area contributed by atoms with E-state index in [1.807, 2.05) is 12.1 Å². The van der Waals surface area contributed by atoms with Crippen LogP contribution in [0.4, 0.5) is 8.78 Å². The number of benzene rings is 2. The van der Waals surface area contributed by atoms with Gasteiger partial charge in [0.1, 0.15) is 11.6 Å². The Hall–Kier alpha value is -2.22. The lowest BCUT2D eigenvalue weighted by atomic mass is 9.84. The third kappa shape index (κ3) is 4.07. The number of allylic oxidation sites excluding steroid dienone is 3. The smallest absolute Gasteiger partial charge is 0.131 e. The third-order valence-corrected chi connectivity index (χ3v) is 5.12. The zero-order chi connectivity index (χ0) is 17.8. The molecule has 25 heavy (non-hydrogen) atoms. The topological polar surface area (TPSA) is 0 Å². The molecule has 3 rings (SSSR count). The Morgan fingerprint density at radius 2 is 1.84 bits per heavy atom. The van der Waals surface area contributed by atoms with Gasteiger partial charge in [-0.25, -0.2) is 8.78 Å². The molecule has 1 unspecified atom stereocenters. The Bertz CT molecular complexity index is 802. The summed E-state index contributed by atoms with van der Waals surface area (Å²) >= 11 is 0. The maximum Gasteiger partial charge on any atom is 0.131 e. The van der Waals surface area contributed by atoms with E-state index >= 15 is 0 Å². The largest absolute Gasteiger partial charge is 0.207 e. The summed E-state index contributed by atoms with van der Waals surface area (Å²) in [6.45, 7) is 5.48. The van der Waals surface area contributed by atoms with Crippen LogP contribution in [0.25, 0.3) is 16.7 Å². The molecule has 0 saturated heterocycles. The normalized spacial score (nSPS) is 17.2. The average molecular weight is 338 g/mol. The van der Waals surface area contributed by atoms with E-state index in [0.29, 0.717) is 22.6 Å². The molecule has 0 saturated carbocycles. The molecule has 0 amide bonds. The summed E-state index contributed by atoms with van der Waals surface area (Å²) in [7, 11) is 0. The maximum atomic E-state index is 14.6. The van der Waals surface area contributed by atoms with Gasteiger partial charge in [-0.2, -0.15) is 0 Å². The van der Waals surface area contributed by atoms with Crippen LogP contribution in [-0.4, -0.2) is 0 Å². The molecule has 0 spiro atoms. The number of hydrogen-bond donors (Lipinski definition) is 0. The van der Waals surface area contributed by atoms with Crippen LogP contribution in [0.2, 0.25) is 0 Å². The lowest BCUT2D eigenvalue weighted by Gasteiger charge is -2.22. The van der Waals surface area contributed by atoms with Crippen LogP contribution in [0.1, 0.15) is 43.2 Å². The average Bonchev–Trinajstić information content (AvgIpc) is 2.63. The molecule has 0 heterocycles. The van der Waals surface area contributed by atoms with Crippen molar-refractivity contribution < 1.29 is 8.78 Å². The van der Waals surface area contributed by atoms with Crippen molar-refractivity contribution in [2.45, 2.75) is 39.0 Å². The molecule has 1 aliphatic carbocycles. The van der Waals surface area contributed by atoms with Crippen molar-refractivity contribution in [2.75, 3.05) is 0 Å². The van der Waals surface area contributed by atoms with Crippen LogP contribution in [0, 0.1) is 24.5 Å². The highest BCUT2D eigenvalue weighted by Gasteiger charge is 2.16. The molecular weight excluding hydrogens is 314 g/mol. The summed E-state index contributed by atoms with van der Waals surface area (Å²) in [5.41, 5.74) is 3.75. The van der Waals surface area contributed by atoms with E-state index in [1.165, 1.54) is 18.1 Å². The van der Waals surface area contributed by atoms with Crippen LogP contribution in [0.15, 0.2) is 55.1 Å². The molecule has 0 nitrogen and oxygen atoms in total. The molecule has 0 N–H and O–H groups in total. The summed E-state index contributed by atoms with van der Waals surface area (Å²) in [5.74, 6) is 0.110. The first-order valence-corrected chi connectivity index (χ1v) is 8.95. The van der Waals surface area contributed by atoms with E-state index in [2.05, 4.69) is 12.7 Å². The number of aryl methyl sites for hydroxylation is 1. The molecule has 1 aliphatic rings. The van der Waals surface area contributed by atoms with Gasteiger partial charge < -0.3 is 0 Å². The predicted molar refractivity (Wildman–Crippen MR) is 101 cm³/mol. The zero-order valence-electron chi connectivity index (χ0n) is 14.7. The van der Waals surface area contributed by atoms with Gasteiger partial charge in [0.15, 0.2) is 0 Å². The van der Waals surface area contributed by atoms with Gasteiger partial charge in [0.05, 0.1) is 0 Å². The zero-order valence-corrected chi connectivity index (χ0v) is 14.7. The fourth-order valence-corrected chi connectivity index (χ4v) is 3.48. The van der Waals surface area contributed by atoms with Crippen molar-refractivity contribution in [2.24, 2.45) is 5.92 Å². The van der Waals surface area contributed by atoms with Crippen molar-refractivity contribution in [3.63, 3.8) is 0 Å². The van der Waals surface area contributed by atoms with Gasteiger partial charge in [0.2, 0.25) is 0 Å². The van der Waals surface area contributed by atoms with E-state index < -0.39 is 0 Å². The Kier molecular flexibility index (Phi) is 5.47. The van der Waals surface area contributed by atoms with Crippen molar-refractivity contribution in [3.8, 4) is 11.1 Å². The second-order valence-corrected chi connectivity index (χ2v) is 6.89. The first-order valence-electron chi connectivity index (χ1n) is 8.95. The van der Waals surface area contributed by atoms with Gasteiger partial charge in [-0.15, -0.1) is 6.58 Å². The summed E-state index contributed by atoms with van der Waals surface area (Å²) in [5, 5.41) is 0. The summed E-state index contributed by atoms with van der Waals surface area (Å²) in [4.78, 5) is 0. The van der Waals surface area contributed by atoms with Gasteiger partial charge in [-0.3, -0.25) is 0 Å². The van der Waals surface area contributed by atoms with E-state index in [-0.39, 0.29) is 11.6 Å². The van der Waals surface area contributed by atoms with Gasteiger partial charge in [-0.1, -0.05) is 36.4 Å². The Labute approximate surface area is 148 Å². The molecule has 2 aromatic rings. The number of rotatable bonds is 5. The van der Waals surface area contributed by atoms with Crippen molar-refractivity contribution in [1.29, 1.82) is 0 Å². The molecule has 2 aromatic carbocycles. The standard InChI is InChI=1S/C23H24F2/c1-3-4-5-17-7-10-18(11-8-17)19-12-13-21(23(25)14-19)20-9-6-16(2)22(24)15-20/h3,6,9-10,12-15,17H,1,4-5,7-8,11H2,2H3.